The lowest BCUT2D eigenvalue weighted by molar-refractivity contribution is -0.132. The predicted molar refractivity (Wildman–Crippen MR) is 159 cm³/mol. The van der Waals surface area contributed by atoms with Gasteiger partial charge >= 0.3 is 5.97 Å². The first-order valence-electron chi connectivity index (χ1n) is 14.8. The van der Waals surface area contributed by atoms with Gasteiger partial charge in [-0.15, -0.1) is 0 Å². The first kappa shape index (κ1) is 28.9. The largest absolute Gasteiger partial charge is 0.478 e. The van der Waals surface area contributed by atoms with E-state index in [2.05, 4.69) is 29.3 Å². The van der Waals surface area contributed by atoms with Crippen LogP contribution in [0.2, 0.25) is 0 Å². The molecule has 0 aromatic rings. The lowest BCUT2D eigenvalue weighted by Crippen LogP contribution is -2.44. The first-order valence-corrected chi connectivity index (χ1v) is 14.8. The van der Waals surface area contributed by atoms with Crippen LogP contribution in [-0.4, -0.2) is 66.1 Å². The molecular formula is C33H41N3O5. The molecular weight excluding hydrogens is 518 g/mol. The van der Waals surface area contributed by atoms with Gasteiger partial charge in [0, 0.05) is 19.0 Å². The number of nitrogens with one attached hydrogen (secondary N) is 1. The predicted octanol–water partition coefficient (Wildman–Crippen LogP) is 4.71. The number of hydrogen-bond donors (Lipinski definition) is 2. The number of aliphatic carboxylic acids is 1. The summed E-state index contributed by atoms with van der Waals surface area (Å²) in [5.41, 5.74) is 0.297. The van der Waals surface area contributed by atoms with Gasteiger partial charge in [-0.3, -0.25) is 9.79 Å². The summed E-state index contributed by atoms with van der Waals surface area (Å²) in [5, 5.41) is 12.4. The number of allylic oxidation sites excluding steroid dienone is 5. The topological polar surface area (TPSA) is 100 Å². The highest BCUT2D eigenvalue weighted by atomic mass is 16.5. The van der Waals surface area contributed by atoms with Crippen LogP contribution in [0.25, 0.3) is 0 Å². The van der Waals surface area contributed by atoms with Gasteiger partial charge in [-0.25, -0.2) is 4.79 Å². The molecule has 0 spiro atoms. The van der Waals surface area contributed by atoms with E-state index in [-0.39, 0.29) is 29.9 Å². The minimum absolute atomic E-state index is 0.00385. The number of carbonyl (C=O) groups is 2. The van der Waals surface area contributed by atoms with Gasteiger partial charge in [0.15, 0.2) is 0 Å². The number of amides is 1. The van der Waals surface area contributed by atoms with E-state index in [1.54, 1.807) is 12.2 Å². The van der Waals surface area contributed by atoms with Crippen molar-refractivity contribution < 1.29 is 24.2 Å². The fourth-order valence-electron chi connectivity index (χ4n) is 5.64. The summed E-state index contributed by atoms with van der Waals surface area (Å²) in [6.45, 7) is 7.18. The first-order chi connectivity index (χ1) is 19.8. The SMILES string of the molecule is CC1C=C(OC2=CCC(C(=O)NC3C=CC(N4CCC(COC5C=C(C(=O)O)C=CC5C)CC4)=NC3)C=C2)C=CC1. The zero-order valence-corrected chi connectivity index (χ0v) is 23.9. The van der Waals surface area contributed by atoms with E-state index in [1.807, 2.05) is 49.5 Å². The molecule has 0 bridgehead atoms. The Kier molecular flexibility index (Phi) is 9.39. The number of carbonyl (C=O) groups excluding carboxylic acids is 1. The molecule has 0 radical (unpaired) electrons. The maximum absolute atomic E-state index is 12.9. The fraction of sp³-hybridized carbons (Fsp3) is 0.485. The van der Waals surface area contributed by atoms with Crippen LogP contribution in [0.3, 0.4) is 0 Å². The highest BCUT2D eigenvalue weighted by Crippen LogP contribution is 2.25. The molecule has 5 atom stereocenters. The molecule has 0 aromatic heterocycles. The third-order valence-corrected chi connectivity index (χ3v) is 8.28. The van der Waals surface area contributed by atoms with E-state index in [0.717, 1.165) is 49.7 Å². The number of carboxylic acids is 1. The van der Waals surface area contributed by atoms with Crippen molar-refractivity contribution in [2.75, 3.05) is 26.2 Å². The zero-order valence-electron chi connectivity index (χ0n) is 23.9. The Bertz CT molecular complexity index is 1250. The minimum Gasteiger partial charge on any atom is -0.478 e. The molecule has 5 aliphatic rings. The Morgan fingerprint density at radius 2 is 1.85 bits per heavy atom. The number of ether oxygens (including phenoxy) is 2. The van der Waals surface area contributed by atoms with Gasteiger partial charge in [0.1, 0.15) is 17.4 Å². The lowest BCUT2D eigenvalue weighted by atomic mass is 9.94. The Morgan fingerprint density at radius 1 is 1.02 bits per heavy atom. The highest BCUT2D eigenvalue weighted by molar-refractivity contribution is 5.94. The van der Waals surface area contributed by atoms with Crippen LogP contribution < -0.4 is 5.32 Å². The number of amidine groups is 1. The molecule has 1 fully saturated rings. The summed E-state index contributed by atoms with van der Waals surface area (Å²) < 4.78 is 12.1. The van der Waals surface area contributed by atoms with Gasteiger partial charge in [-0.1, -0.05) is 44.2 Å². The Morgan fingerprint density at radius 3 is 2.54 bits per heavy atom. The number of rotatable bonds is 8. The van der Waals surface area contributed by atoms with Crippen LogP contribution in [-0.2, 0) is 19.1 Å². The van der Waals surface area contributed by atoms with Crippen LogP contribution >= 0.6 is 0 Å². The van der Waals surface area contributed by atoms with Crippen molar-refractivity contribution in [3.05, 3.63) is 83.9 Å². The highest BCUT2D eigenvalue weighted by Gasteiger charge is 2.26. The zero-order chi connectivity index (χ0) is 28.8. The average molecular weight is 560 g/mol. The summed E-state index contributed by atoms with van der Waals surface area (Å²) in [5.74, 6) is 2.57. The van der Waals surface area contributed by atoms with Crippen molar-refractivity contribution in [3.8, 4) is 0 Å². The van der Waals surface area contributed by atoms with E-state index in [0.29, 0.717) is 37.0 Å². The number of piperidine rings is 1. The van der Waals surface area contributed by atoms with E-state index < -0.39 is 5.97 Å². The van der Waals surface area contributed by atoms with Crippen LogP contribution in [0.5, 0.6) is 0 Å². The Labute approximate surface area is 242 Å². The molecule has 5 unspecified atom stereocenters. The standard InChI is InChI=1S/C33H41N3O5/c1-22-4-3-5-29(18-22)41-28-11-8-25(9-12-28)32(37)35-27-10-13-31(34-20-27)36-16-14-24(15-17-36)21-40-30-19-26(33(38)39)7-6-23(30)2/h3,5-8,10-13,18-19,22-25,27,30H,4,9,14-17,20-21H2,1-2H3,(H,35,37)(H,38,39). The average Bonchev–Trinajstić information content (AvgIpc) is 2.98. The molecule has 0 aromatic carbocycles. The van der Waals surface area contributed by atoms with Crippen LogP contribution in [0.1, 0.15) is 39.5 Å². The van der Waals surface area contributed by atoms with E-state index in [4.69, 9.17) is 14.5 Å². The number of carboxylic acid groups (broad SMARTS) is 1. The van der Waals surface area contributed by atoms with Crippen molar-refractivity contribution in [1.29, 1.82) is 0 Å². The van der Waals surface area contributed by atoms with Crippen molar-refractivity contribution in [1.82, 2.24) is 10.2 Å². The van der Waals surface area contributed by atoms with Crippen molar-refractivity contribution >= 4 is 17.7 Å². The van der Waals surface area contributed by atoms with Gasteiger partial charge in [0.05, 0.1) is 36.8 Å². The second kappa shape index (κ2) is 13.3. The molecule has 5 rings (SSSR count). The monoisotopic (exact) mass is 559 g/mol. The lowest BCUT2D eigenvalue weighted by Gasteiger charge is -2.35. The maximum atomic E-state index is 12.9. The quantitative estimate of drug-likeness (QED) is 0.447. The summed E-state index contributed by atoms with van der Waals surface area (Å²) >= 11 is 0. The number of aliphatic imine (C=N–C) groups is 1. The molecule has 2 heterocycles. The van der Waals surface area contributed by atoms with E-state index >= 15 is 0 Å². The third kappa shape index (κ3) is 7.76. The van der Waals surface area contributed by atoms with Gasteiger partial charge < -0.3 is 24.8 Å². The molecule has 1 saturated heterocycles. The van der Waals surface area contributed by atoms with Gasteiger partial charge in [-0.05, 0) is 74.0 Å². The maximum Gasteiger partial charge on any atom is 0.335 e. The molecule has 0 saturated carbocycles. The van der Waals surface area contributed by atoms with Crippen molar-refractivity contribution in [2.24, 2.45) is 28.7 Å². The molecule has 1 amide bonds. The van der Waals surface area contributed by atoms with Crippen molar-refractivity contribution in [2.45, 2.75) is 51.7 Å². The van der Waals surface area contributed by atoms with E-state index in [9.17, 15) is 14.7 Å². The summed E-state index contributed by atoms with van der Waals surface area (Å²) in [6, 6.07) is -0.110. The van der Waals surface area contributed by atoms with Gasteiger partial charge in [-0.2, -0.15) is 0 Å². The summed E-state index contributed by atoms with van der Waals surface area (Å²) in [4.78, 5) is 31.2. The second-order valence-electron chi connectivity index (χ2n) is 11.6. The summed E-state index contributed by atoms with van der Waals surface area (Å²) in [7, 11) is 0. The number of nitrogens with zero attached hydrogens (tertiary/aromatic N) is 2. The van der Waals surface area contributed by atoms with Crippen LogP contribution in [0, 0.1) is 23.7 Å². The third-order valence-electron chi connectivity index (χ3n) is 8.28. The van der Waals surface area contributed by atoms with Gasteiger partial charge in [0.2, 0.25) is 5.91 Å². The van der Waals surface area contributed by atoms with Gasteiger partial charge in [0.25, 0.3) is 0 Å². The van der Waals surface area contributed by atoms with Crippen LogP contribution in [0.15, 0.2) is 88.9 Å². The molecule has 2 aliphatic heterocycles. The Hall–Kier alpha value is -3.65. The molecule has 2 N–H and O–H groups in total. The Balaban J connectivity index is 1.01. The van der Waals surface area contributed by atoms with E-state index in [1.165, 1.54) is 0 Å². The summed E-state index contributed by atoms with van der Waals surface area (Å²) in [6.07, 6.45) is 24.8. The minimum atomic E-state index is -0.916. The normalized spacial score (nSPS) is 29.8. The molecule has 8 nitrogen and oxygen atoms in total. The molecule has 3 aliphatic carbocycles. The molecule has 41 heavy (non-hydrogen) atoms. The van der Waals surface area contributed by atoms with Crippen molar-refractivity contribution in [3.63, 3.8) is 0 Å². The van der Waals surface area contributed by atoms with Crippen LogP contribution in [0.4, 0.5) is 0 Å². The molecule has 8 heteroatoms. The smallest absolute Gasteiger partial charge is 0.335 e. The number of likely N-dealkylation sites (tertiary alicyclic amines) is 1. The fourth-order valence-corrected chi connectivity index (χ4v) is 5.64. The second-order valence-corrected chi connectivity index (χ2v) is 11.6. The number of hydrogen-bond acceptors (Lipinski definition) is 6. The number of dihydropyridines is 1. The molecule has 218 valence electrons.